The zero-order valence-electron chi connectivity index (χ0n) is 8.41. The first-order chi connectivity index (χ1) is 6.13. The van der Waals surface area contributed by atoms with Crippen molar-refractivity contribution in [3.05, 3.63) is 0 Å². The van der Waals surface area contributed by atoms with Crippen molar-refractivity contribution in [3.63, 3.8) is 0 Å². The van der Waals surface area contributed by atoms with E-state index in [1.807, 2.05) is 13.8 Å². The van der Waals surface area contributed by atoms with Crippen LogP contribution in [-0.4, -0.2) is 34.5 Å². The summed E-state index contributed by atoms with van der Waals surface area (Å²) >= 11 is 0. The van der Waals surface area contributed by atoms with E-state index in [2.05, 4.69) is 0 Å². The molecule has 76 valence electrons. The zero-order chi connectivity index (χ0) is 10.4. The van der Waals surface area contributed by atoms with Gasteiger partial charge in [0, 0.05) is 13.5 Å². The van der Waals surface area contributed by atoms with Crippen molar-refractivity contribution in [1.82, 2.24) is 4.90 Å². The van der Waals surface area contributed by atoms with E-state index in [0.29, 0.717) is 13.0 Å². The second kappa shape index (κ2) is 5.56. The zero-order valence-corrected chi connectivity index (χ0v) is 8.41. The molecule has 1 aliphatic rings. The number of likely N-dealkylation sites (tertiary alicyclic amines) is 1. The molecule has 1 atom stereocenters. The number of hydrogen-bond acceptors (Lipinski definition) is 2. The lowest BCUT2D eigenvalue weighted by atomic mass is 10.2. The van der Waals surface area contributed by atoms with Gasteiger partial charge in [0.1, 0.15) is 6.04 Å². The molecule has 0 aromatic heterocycles. The Morgan fingerprint density at radius 2 is 1.92 bits per heavy atom. The summed E-state index contributed by atoms with van der Waals surface area (Å²) in [6.45, 7) is 5.99. The molecule has 1 saturated heterocycles. The maximum absolute atomic E-state index is 10.8. The molecule has 1 N–H and O–H groups in total. The van der Waals surface area contributed by atoms with Crippen LogP contribution < -0.4 is 0 Å². The van der Waals surface area contributed by atoms with Gasteiger partial charge >= 0.3 is 5.97 Å². The molecule has 1 amide bonds. The first-order valence-electron chi connectivity index (χ1n) is 4.63. The van der Waals surface area contributed by atoms with Gasteiger partial charge in [-0.1, -0.05) is 13.8 Å². The molecule has 0 radical (unpaired) electrons. The van der Waals surface area contributed by atoms with Crippen molar-refractivity contribution in [2.45, 2.75) is 39.7 Å². The molecule has 0 aromatic rings. The molecule has 4 nitrogen and oxygen atoms in total. The number of aliphatic carboxylic acids is 1. The van der Waals surface area contributed by atoms with E-state index < -0.39 is 12.0 Å². The van der Waals surface area contributed by atoms with Gasteiger partial charge in [-0.25, -0.2) is 4.79 Å². The second-order valence-electron chi connectivity index (χ2n) is 2.71. The monoisotopic (exact) mass is 187 g/mol. The normalized spacial score (nSPS) is 20.5. The minimum absolute atomic E-state index is 0.144. The number of carbonyl (C=O) groups excluding carboxylic acids is 1. The first-order valence-corrected chi connectivity index (χ1v) is 4.63. The van der Waals surface area contributed by atoms with Crippen LogP contribution in [0.1, 0.15) is 33.6 Å². The third-order valence-electron chi connectivity index (χ3n) is 1.94. The second-order valence-corrected chi connectivity index (χ2v) is 2.71. The Labute approximate surface area is 78.5 Å². The fourth-order valence-corrected chi connectivity index (χ4v) is 1.40. The molecule has 0 aliphatic carbocycles. The summed E-state index contributed by atoms with van der Waals surface area (Å²) in [6.07, 6.45) is 1.39. The van der Waals surface area contributed by atoms with Gasteiger partial charge in [0.05, 0.1) is 0 Å². The van der Waals surface area contributed by atoms with E-state index in [9.17, 15) is 9.59 Å². The molecule has 1 rings (SSSR count). The van der Waals surface area contributed by atoms with E-state index in [0.717, 1.165) is 6.42 Å². The molecule has 1 heterocycles. The highest BCUT2D eigenvalue weighted by Gasteiger charge is 2.31. The van der Waals surface area contributed by atoms with Gasteiger partial charge in [-0.3, -0.25) is 4.79 Å². The third-order valence-corrected chi connectivity index (χ3v) is 1.94. The van der Waals surface area contributed by atoms with Crippen LogP contribution in [0.5, 0.6) is 0 Å². The summed E-state index contributed by atoms with van der Waals surface area (Å²) in [5.74, 6) is -1.03. The molecule has 1 aliphatic heterocycles. The number of hydrogen-bond donors (Lipinski definition) is 1. The van der Waals surface area contributed by atoms with Crippen molar-refractivity contribution in [2.75, 3.05) is 6.54 Å². The number of carbonyl (C=O) groups is 2. The van der Waals surface area contributed by atoms with Crippen LogP contribution in [0.4, 0.5) is 0 Å². The Morgan fingerprint density at radius 1 is 1.38 bits per heavy atom. The van der Waals surface area contributed by atoms with Gasteiger partial charge in [0.2, 0.25) is 5.91 Å². The van der Waals surface area contributed by atoms with Crippen molar-refractivity contribution in [2.24, 2.45) is 0 Å². The molecule has 0 spiro atoms. The van der Waals surface area contributed by atoms with Crippen molar-refractivity contribution in [1.29, 1.82) is 0 Å². The van der Waals surface area contributed by atoms with Crippen LogP contribution in [0.3, 0.4) is 0 Å². The lowest BCUT2D eigenvalue weighted by Crippen LogP contribution is -2.38. The minimum Gasteiger partial charge on any atom is -0.480 e. The van der Waals surface area contributed by atoms with Crippen molar-refractivity contribution in [3.8, 4) is 0 Å². The number of carboxylic acid groups (broad SMARTS) is 1. The molecule has 0 aromatic carbocycles. The minimum atomic E-state index is -0.891. The maximum atomic E-state index is 10.8. The molecule has 13 heavy (non-hydrogen) atoms. The van der Waals surface area contributed by atoms with Crippen LogP contribution in [0.25, 0.3) is 0 Å². The van der Waals surface area contributed by atoms with E-state index >= 15 is 0 Å². The van der Waals surface area contributed by atoms with Crippen LogP contribution in [0.2, 0.25) is 0 Å². The smallest absolute Gasteiger partial charge is 0.326 e. The van der Waals surface area contributed by atoms with Gasteiger partial charge in [-0.15, -0.1) is 0 Å². The third kappa shape index (κ3) is 3.05. The predicted octanol–water partition coefficient (Wildman–Crippen LogP) is 1.11. The van der Waals surface area contributed by atoms with Crippen LogP contribution in [-0.2, 0) is 9.59 Å². The molecule has 0 saturated carbocycles. The Balaban J connectivity index is 0.000000671. The largest absolute Gasteiger partial charge is 0.480 e. The van der Waals surface area contributed by atoms with E-state index in [-0.39, 0.29) is 5.91 Å². The van der Waals surface area contributed by atoms with Gasteiger partial charge < -0.3 is 10.0 Å². The summed E-state index contributed by atoms with van der Waals surface area (Å²) < 4.78 is 0. The highest BCUT2D eigenvalue weighted by molar-refractivity contribution is 5.82. The average molecular weight is 187 g/mol. The highest BCUT2D eigenvalue weighted by atomic mass is 16.4. The molecular weight excluding hydrogens is 170 g/mol. The maximum Gasteiger partial charge on any atom is 0.326 e. The Hall–Kier alpha value is -1.06. The van der Waals surface area contributed by atoms with Crippen LogP contribution in [0.15, 0.2) is 0 Å². The lowest BCUT2D eigenvalue weighted by Gasteiger charge is -2.18. The molecule has 1 fully saturated rings. The standard InChI is InChI=1S/C7H11NO3.C2H6/c1-5(9)8-4-2-3-6(8)7(10)11;1-2/h6H,2-4H2,1H3,(H,10,11);1-2H3/t6-;/m0./s1. The van der Waals surface area contributed by atoms with Gasteiger partial charge in [0.15, 0.2) is 0 Å². The summed E-state index contributed by atoms with van der Waals surface area (Å²) in [5.41, 5.74) is 0. The van der Waals surface area contributed by atoms with Crippen LogP contribution >= 0.6 is 0 Å². The fourth-order valence-electron chi connectivity index (χ4n) is 1.40. The van der Waals surface area contributed by atoms with E-state index in [1.54, 1.807) is 0 Å². The predicted molar refractivity (Wildman–Crippen MR) is 49.4 cm³/mol. The first kappa shape index (κ1) is 11.9. The number of amides is 1. The fraction of sp³-hybridized carbons (Fsp3) is 0.778. The van der Waals surface area contributed by atoms with Crippen molar-refractivity contribution >= 4 is 11.9 Å². The lowest BCUT2D eigenvalue weighted by molar-refractivity contribution is -0.147. The summed E-state index contributed by atoms with van der Waals surface area (Å²) in [6, 6.07) is -0.576. The topological polar surface area (TPSA) is 57.6 Å². The average Bonchev–Trinajstić information content (AvgIpc) is 2.55. The Bertz CT molecular complexity index is 171. The van der Waals surface area contributed by atoms with Crippen LogP contribution in [0, 0.1) is 0 Å². The number of carboxylic acids is 1. The molecular formula is C9H17NO3. The van der Waals surface area contributed by atoms with E-state index in [1.165, 1.54) is 11.8 Å². The number of nitrogens with zero attached hydrogens (tertiary/aromatic N) is 1. The van der Waals surface area contributed by atoms with E-state index in [4.69, 9.17) is 5.11 Å². The number of rotatable bonds is 1. The molecule has 0 unspecified atom stereocenters. The SMILES string of the molecule is CC.CC(=O)N1CCC[C@H]1C(=O)O. The summed E-state index contributed by atoms with van der Waals surface area (Å²) in [7, 11) is 0. The van der Waals surface area contributed by atoms with Gasteiger partial charge in [-0.2, -0.15) is 0 Å². The molecule has 0 bridgehead atoms. The molecule has 4 heteroatoms. The van der Waals surface area contributed by atoms with Gasteiger partial charge in [-0.05, 0) is 12.8 Å². The Morgan fingerprint density at radius 3 is 2.23 bits per heavy atom. The quantitative estimate of drug-likeness (QED) is 0.669. The summed E-state index contributed by atoms with van der Waals surface area (Å²) in [5, 5.41) is 8.64. The highest BCUT2D eigenvalue weighted by Crippen LogP contribution is 2.16. The van der Waals surface area contributed by atoms with Gasteiger partial charge in [0.25, 0.3) is 0 Å². The Kier molecular flexibility index (Phi) is 5.11. The van der Waals surface area contributed by atoms with Crippen molar-refractivity contribution < 1.29 is 14.7 Å². The summed E-state index contributed by atoms with van der Waals surface area (Å²) in [4.78, 5) is 22.8.